The van der Waals surface area contributed by atoms with Crippen LogP contribution in [0.2, 0.25) is 0 Å². The fourth-order valence-electron chi connectivity index (χ4n) is 2.54. The third kappa shape index (κ3) is 2.99. The summed E-state index contributed by atoms with van der Waals surface area (Å²) in [5.41, 5.74) is 4.01. The van der Waals surface area contributed by atoms with Gasteiger partial charge in [-0.2, -0.15) is 0 Å². The van der Waals surface area contributed by atoms with Crippen molar-refractivity contribution in [3.05, 3.63) is 64.5 Å². The zero-order chi connectivity index (χ0) is 14.7. The van der Waals surface area contributed by atoms with Crippen molar-refractivity contribution in [3.8, 4) is 5.75 Å². The fourth-order valence-corrected chi connectivity index (χ4v) is 2.54. The number of methoxy groups -OCH3 is 1. The van der Waals surface area contributed by atoms with Crippen LogP contribution >= 0.6 is 0 Å². The number of benzene rings is 2. The van der Waals surface area contributed by atoms with Gasteiger partial charge in [-0.05, 0) is 61.3 Å². The van der Waals surface area contributed by atoms with Gasteiger partial charge < -0.3 is 10.1 Å². The summed E-state index contributed by atoms with van der Waals surface area (Å²) in [5, 5.41) is 3.25. The second-order valence-corrected chi connectivity index (χ2v) is 5.01. The molecule has 0 aliphatic carbocycles. The standard InChI is InChI=1S/C17H20FNO/c1-11-7-14(10-15(18)8-11)17(19-3)13-5-6-16(20-4)12(2)9-13/h5-10,17,19H,1-4H3. The highest BCUT2D eigenvalue weighted by Crippen LogP contribution is 2.27. The number of ether oxygens (including phenoxy) is 1. The molecule has 2 aromatic rings. The van der Waals surface area contributed by atoms with Crippen LogP contribution in [0.5, 0.6) is 5.75 Å². The van der Waals surface area contributed by atoms with E-state index in [4.69, 9.17) is 4.74 Å². The molecular formula is C17H20FNO. The van der Waals surface area contributed by atoms with Crippen LogP contribution in [-0.2, 0) is 0 Å². The second-order valence-electron chi connectivity index (χ2n) is 5.01. The Hall–Kier alpha value is -1.87. The van der Waals surface area contributed by atoms with E-state index in [0.717, 1.165) is 28.0 Å². The highest BCUT2D eigenvalue weighted by molar-refractivity contribution is 5.41. The first-order valence-corrected chi connectivity index (χ1v) is 6.64. The van der Waals surface area contributed by atoms with Gasteiger partial charge in [0.1, 0.15) is 11.6 Å². The summed E-state index contributed by atoms with van der Waals surface area (Å²) in [7, 11) is 3.54. The normalized spacial score (nSPS) is 12.2. The summed E-state index contributed by atoms with van der Waals surface area (Å²) in [5.74, 6) is 0.657. The van der Waals surface area contributed by atoms with Gasteiger partial charge in [0.25, 0.3) is 0 Å². The molecule has 1 atom stereocenters. The van der Waals surface area contributed by atoms with E-state index < -0.39 is 0 Å². The molecule has 0 saturated carbocycles. The van der Waals surface area contributed by atoms with Crippen molar-refractivity contribution in [2.45, 2.75) is 19.9 Å². The lowest BCUT2D eigenvalue weighted by atomic mass is 9.96. The Morgan fingerprint density at radius 3 is 2.35 bits per heavy atom. The number of hydrogen-bond acceptors (Lipinski definition) is 2. The lowest BCUT2D eigenvalue weighted by molar-refractivity contribution is 0.411. The molecule has 2 rings (SSSR count). The van der Waals surface area contributed by atoms with E-state index in [1.54, 1.807) is 13.2 Å². The molecule has 0 aliphatic heterocycles. The quantitative estimate of drug-likeness (QED) is 0.915. The largest absolute Gasteiger partial charge is 0.496 e. The first-order chi connectivity index (χ1) is 9.55. The molecule has 0 spiro atoms. The number of halogens is 1. The van der Waals surface area contributed by atoms with Crippen LogP contribution in [0.1, 0.15) is 28.3 Å². The van der Waals surface area contributed by atoms with Gasteiger partial charge in [0.05, 0.1) is 13.2 Å². The molecular weight excluding hydrogens is 253 g/mol. The SMILES string of the molecule is CNC(c1cc(C)cc(F)c1)c1ccc(OC)c(C)c1. The third-order valence-electron chi connectivity index (χ3n) is 3.44. The molecule has 0 aliphatic rings. The third-order valence-corrected chi connectivity index (χ3v) is 3.44. The maximum Gasteiger partial charge on any atom is 0.123 e. The molecule has 3 heteroatoms. The average Bonchev–Trinajstić information content (AvgIpc) is 2.38. The average molecular weight is 273 g/mol. The van der Waals surface area contributed by atoms with E-state index in [0.29, 0.717) is 0 Å². The number of rotatable bonds is 4. The summed E-state index contributed by atoms with van der Waals surface area (Å²) in [6.45, 7) is 3.91. The van der Waals surface area contributed by atoms with E-state index in [2.05, 4.69) is 11.4 Å². The molecule has 2 aromatic carbocycles. The van der Waals surface area contributed by atoms with E-state index in [-0.39, 0.29) is 11.9 Å². The first-order valence-electron chi connectivity index (χ1n) is 6.64. The van der Waals surface area contributed by atoms with Gasteiger partial charge >= 0.3 is 0 Å². The van der Waals surface area contributed by atoms with E-state index >= 15 is 0 Å². The predicted octanol–water partition coefficient (Wildman–Crippen LogP) is 3.76. The van der Waals surface area contributed by atoms with Crippen molar-refractivity contribution < 1.29 is 9.13 Å². The number of hydrogen-bond donors (Lipinski definition) is 1. The summed E-state index contributed by atoms with van der Waals surface area (Å²) in [4.78, 5) is 0. The lowest BCUT2D eigenvalue weighted by Crippen LogP contribution is -2.18. The zero-order valence-electron chi connectivity index (χ0n) is 12.3. The van der Waals surface area contributed by atoms with Crippen LogP contribution in [0.4, 0.5) is 4.39 Å². The van der Waals surface area contributed by atoms with E-state index in [1.165, 1.54) is 6.07 Å². The molecule has 0 fully saturated rings. The second kappa shape index (κ2) is 6.06. The van der Waals surface area contributed by atoms with Crippen LogP contribution in [0.25, 0.3) is 0 Å². The molecule has 106 valence electrons. The molecule has 0 amide bonds. The van der Waals surface area contributed by atoms with Gasteiger partial charge in [0, 0.05) is 0 Å². The summed E-state index contributed by atoms with van der Waals surface area (Å²) >= 11 is 0. The molecule has 1 N–H and O–H groups in total. The predicted molar refractivity (Wildman–Crippen MR) is 79.8 cm³/mol. The maximum atomic E-state index is 13.6. The topological polar surface area (TPSA) is 21.3 Å². The van der Waals surface area contributed by atoms with Gasteiger partial charge in [-0.15, -0.1) is 0 Å². The Labute approximate surface area is 119 Å². The summed E-state index contributed by atoms with van der Waals surface area (Å²) < 4.78 is 18.9. The van der Waals surface area contributed by atoms with Crippen molar-refractivity contribution in [2.24, 2.45) is 0 Å². The Kier molecular flexibility index (Phi) is 4.40. The number of aryl methyl sites for hydroxylation is 2. The molecule has 0 aromatic heterocycles. The minimum atomic E-state index is -0.203. The minimum Gasteiger partial charge on any atom is -0.496 e. The summed E-state index contributed by atoms with van der Waals surface area (Å²) in [6, 6.07) is 11.1. The van der Waals surface area contributed by atoms with E-state index in [9.17, 15) is 4.39 Å². The molecule has 0 saturated heterocycles. The van der Waals surface area contributed by atoms with Gasteiger partial charge in [0.15, 0.2) is 0 Å². The monoisotopic (exact) mass is 273 g/mol. The van der Waals surface area contributed by atoms with Crippen molar-refractivity contribution in [2.75, 3.05) is 14.2 Å². The molecule has 2 nitrogen and oxygen atoms in total. The highest BCUT2D eigenvalue weighted by atomic mass is 19.1. The Bertz CT molecular complexity index is 590. The van der Waals surface area contributed by atoms with Crippen LogP contribution < -0.4 is 10.1 Å². The maximum absolute atomic E-state index is 13.6. The molecule has 0 bridgehead atoms. The van der Waals surface area contributed by atoms with E-state index in [1.807, 2.05) is 39.1 Å². The van der Waals surface area contributed by atoms with Crippen LogP contribution in [0.3, 0.4) is 0 Å². The zero-order valence-corrected chi connectivity index (χ0v) is 12.3. The smallest absolute Gasteiger partial charge is 0.123 e. The molecule has 20 heavy (non-hydrogen) atoms. The van der Waals surface area contributed by atoms with Crippen LogP contribution in [0.15, 0.2) is 36.4 Å². The van der Waals surface area contributed by atoms with Crippen molar-refractivity contribution in [1.29, 1.82) is 0 Å². The summed E-state index contributed by atoms with van der Waals surface area (Å²) in [6.07, 6.45) is 0. The van der Waals surface area contributed by atoms with Gasteiger partial charge in [-0.25, -0.2) is 4.39 Å². The molecule has 0 heterocycles. The molecule has 1 unspecified atom stereocenters. The van der Waals surface area contributed by atoms with Gasteiger partial charge in [-0.3, -0.25) is 0 Å². The number of nitrogens with one attached hydrogen (secondary N) is 1. The van der Waals surface area contributed by atoms with Crippen molar-refractivity contribution in [1.82, 2.24) is 5.32 Å². The van der Waals surface area contributed by atoms with Gasteiger partial charge in [-0.1, -0.05) is 18.2 Å². The highest BCUT2D eigenvalue weighted by Gasteiger charge is 2.14. The van der Waals surface area contributed by atoms with Crippen LogP contribution in [0, 0.1) is 19.7 Å². The molecule has 0 radical (unpaired) electrons. The Morgan fingerprint density at radius 2 is 1.80 bits per heavy atom. The van der Waals surface area contributed by atoms with Crippen LogP contribution in [-0.4, -0.2) is 14.2 Å². The van der Waals surface area contributed by atoms with Crippen molar-refractivity contribution in [3.63, 3.8) is 0 Å². The Balaban J connectivity index is 2.44. The van der Waals surface area contributed by atoms with Gasteiger partial charge in [0.2, 0.25) is 0 Å². The first kappa shape index (κ1) is 14.5. The Morgan fingerprint density at radius 1 is 1.05 bits per heavy atom. The lowest BCUT2D eigenvalue weighted by Gasteiger charge is -2.19. The fraction of sp³-hybridized carbons (Fsp3) is 0.294. The minimum absolute atomic E-state index is 0.0333. The van der Waals surface area contributed by atoms with Crippen molar-refractivity contribution >= 4 is 0 Å².